The van der Waals surface area contributed by atoms with Gasteiger partial charge in [0.05, 0.1) is 6.54 Å². The molecule has 0 spiro atoms. The maximum absolute atomic E-state index is 13.3. The summed E-state index contributed by atoms with van der Waals surface area (Å²) in [5.74, 6) is 0.543. The van der Waals surface area contributed by atoms with Gasteiger partial charge in [-0.25, -0.2) is 14.4 Å². The van der Waals surface area contributed by atoms with Gasteiger partial charge in [0.1, 0.15) is 11.3 Å². The molecule has 8 nitrogen and oxygen atoms in total. The summed E-state index contributed by atoms with van der Waals surface area (Å²) in [5.41, 5.74) is 2.64. The van der Waals surface area contributed by atoms with Gasteiger partial charge in [-0.05, 0) is 54.9 Å². The van der Waals surface area contributed by atoms with Crippen LogP contribution in [0.4, 0.5) is 10.3 Å². The van der Waals surface area contributed by atoms with E-state index in [0.717, 1.165) is 55.2 Å². The van der Waals surface area contributed by atoms with E-state index in [9.17, 15) is 4.39 Å². The highest BCUT2D eigenvalue weighted by atomic mass is 32.1. The fraction of sp³-hybridized carbons (Fsp3) is 0.364. The summed E-state index contributed by atoms with van der Waals surface area (Å²) in [6.07, 6.45) is 5.56. The molecule has 0 aliphatic carbocycles. The van der Waals surface area contributed by atoms with Crippen molar-refractivity contribution in [1.82, 2.24) is 30.1 Å². The Balaban J connectivity index is 1.38. The number of fused-ring (bicyclic) bond motifs is 1. The van der Waals surface area contributed by atoms with E-state index in [0.29, 0.717) is 24.2 Å². The van der Waals surface area contributed by atoms with Crippen LogP contribution in [-0.2, 0) is 6.54 Å². The number of hydrogen-bond donors (Lipinski definition) is 3. The molecule has 1 saturated heterocycles. The Morgan fingerprint density at radius 3 is 2.75 bits per heavy atom. The Morgan fingerprint density at radius 2 is 2.00 bits per heavy atom. The first-order valence-electron chi connectivity index (χ1n) is 10.6. The van der Waals surface area contributed by atoms with Crippen LogP contribution in [0.25, 0.3) is 11.2 Å². The van der Waals surface area contributed by atoms with Crippen LogP contribution >= 0.6 is 12.2 Å². The number of halogens is 1. The van der Waals surface area contributed by atoms with Crippen molar-refractivity contribution in [2.75, 3.05) is 31.5 Å². The molecule has 1 fully saturated rings. The second kappa shape index (κ2) is 10.3. The first kappa shape index (κ1) is 21.9. The lowest BCUT2D eigenvalue weighted by Gasteiger charge is -2.32. The number of rotatable bonds is 7. The van der Waals surface area contributed by atoms with Gasteiger partial charge in [-0.3, -0.25) is 9.88 Å². The van der Waals surface area contributed by atoms with Crippen molar-refractivity contribution in [2.24, 2.45) is 0 Å². The SMILES string of the molecule is N#CNC(=S)NCCN1CCC(Nc2nc3cccnc3n2Cc2ccc(F)cc2)CC1. The normalized spacial score (nSPS) is 14.8. The van der Waals surface area contributed by atoms with Crippen LogP contribution in [0.15, 0.2) is 42.6 Å². The van der Waals surface area contributed by atoms with Crippen LogP contribution in [0.2, 0.25) is 0 Å². The molecule has 10 heteroatoms. The lowest BCUT2D eigenvalue weighted by Crippen LogP contribution is -2.44. The van der Waals surface area contributed by atoms with Gasteiger partial charge < -0.3 is 15.5 Å². The molecule has 3 aromatic rings. The molecule has 0 radical (unpaired) electrons. The number of anilines is 1. The average Bonchev–Trinajstić information content (AvgIpc) is 3.13. The number of hydrogen-bond acceptors (Lipinski definition) is 6. The minimum Gasteiger partial charge on any atom is -0.361 e. The Bertz CT molecular complexity index is 1100. The monoisotopic (exact) mass is 452 g/mol. The van der Waals surface area contributed by atoms with Gasteiger partial charge in [-0.1, -0.05) is 12.1 Å². The van der Waals surface area contributed by atoms with Crippen LogP contribution in [0.1, 0.15) is 18.4 Å². The van der Waals surface area contributed by atoms with Crippen molar-refractivity contribution >= 4 is 34.4 Å². The van der Waals surface area contributed by atoms with E-state index >= 15 is 0 Å². The molecule has 0 amide bonds. The number of nitrogens with one attached hydrogen (secondary N) is 3. The highest BCUT2D eigenvalue weighted by molar-refractivity contribution is 7.80. The van der Waals surface area contributed by atoms with Gasteiger partial charge >= 0.3 is 0 Å². The number of benzene rings is 1. The molecule has 4 rings (SSSR count). The van der Waals surface area contributed by atoms with Gasteiger partial charge in [-0.15, -0.1) is 0 Å². The zero-order chi connectivity index (χ0) is 22.3. The summed E-state index contributed by atoms with van der Waals surface area (Å²) in [6.45, 7) is 4.07. The van der Waals surface area contributed by atoms with Gasteiger partial charge in [0.15, 0.2) is 17.0 Å². The van der Waals surface area contributed by atoms with Crippen LogP contribution in [0, 0.1) is 17.3 Å². The predicted octanol–water partition coefficient (Wildman–Crippen LogP) is 2.44. The highest BCUT2D eigenvalue weighted by Crippen LogP contribution is 2.22. The van der Waals surface area contributed by atoms with E-state index in [4.69, 9.17) is 22.5 Å². The summed E-state index contributed by atoms with van der Waals surface area (Å²) < 4.78 is 15.4. The third-order valence-corrected chi connectivity index (χ3v) is 5.81. The molecule has 3 heterocycles. The summed E-state index contributed by atoms with van der Waals surface area (Å²) in [6, 6.07) is 10.7. The standard InChI is InChI=1S/C22H25FN8S/c23-17-5-3-16(4-6-17)14-31-20-19(2-1-9-25-20)29-21(31)28-18-7-11-30(12-8-18)13-10-26-22(32)27-15-24/h1-6,9,18H,7-8,10-14H2,(H,28,29)(H2,26,27,32). The van der Waals surface area contributed by atoms with Crippen molar-refractivity contribution in [1.29, 1.82) is 5.26 Å². The predicted molar refractivity (Wildman–Crippen MR) is 125 cm³/mol. The fourth-order valence-electron chi connectivity index (χ4n) is 3.90. The molecule has 1 aromatic carbocycles. The van der Waals surface area contributed by atoms with Gasteiger partial charge in [0.2, 0.25) is 5.95 Å². The third kappa shape index (κ3) is 5.49. The van der Waals surface area contributed by atoms with E-state index in [-0.39, 0.29) is 5.82 Å². The van der Waals surface area contributed by atoms with Crippen molar-refractivity contribution < 1.29 is 4.39 Å². The smallest absolute Gasteiger partial charge is 0.205 e. The van der Waals surface area contributed by atoms with Crippen LogP contribution in [0.3, 0.4) is 0 Å². The first-order chi connectivity index (χ1) is 15.6. The molecule has 1 aliphatic heterocycles. The van der Waals surface area contributed by atoms with Crippen molar-refractivity contribution in [3.63, 3.8) is 0 Å². The summed E-state index contributed by atoms with van der Waals surface area (Å²) >= 11 is 5.00. The Morgan fingerprint density at radius 1 is 1.22 bits per heavy atom. The van der Waals surface area contributed by atoms with Crippen molar-refractivity contribution in [3.05, 3.63) is 54.0 Å². The first-order valence-corrected chi connectivity index (χ1v) is 11.0. The van der Waals surface area contributed by atoms with E-state index in [1.54, 1.807) is 18.3 Å². The average molecular weight is 453 g/mol. The highest BCUT2D eigenvalue weighted by Gasteiger charge is 2.21. The minimum absolute atomic E-state index is 0.245. The number of nitrogens with zero attached hydrogens (tertiary/aromatic N) is 5. The summed E-state index contributed by atoms with van der Waals surface area (Å²) in [5, 5.41) is 18.0. The quantitative estimate of drug-likeness (QED) is 0.286. The maximum atomic E-state index is 13.3. The lowest BCUT2D eigenvalue weighted by atomic mass is 10.1. The number of pyridine rings is 1. The number of aromatic nitrogens is 3. The molecule has 0 atom stereocenters. The zero-order valence-electron chi connectivity index (χ0n) is 17.6. The second-order valence-corrected chi connectivity index (χ2v) is 8.16. The number of thiocarbonyl (C=S) groups is 1. The van der Waals surface area contributed by atoms with Crippen LogP contribution in [0.5, 0.6) is 0 Å². The second-order valence-electron chi connectivity index (χ2n) is 7.75. The minimum atomic E-state index is -0.245. The largest absolute Gasteiger partial charge is 0.361 e. The lowest BCUT2D eigenvalue weighted by molar-refractivity contribution is 0.222. The number of likely N-dealkylation sites (tertiary alicyclic amines) is 1. The molecule has 1 aliphatic rings. The summed E-state index contributed by atoms with van der Waals surface area (Å²) in [4.78, 5) is 11.7. The number of piperidine rings is 1. The Kier molecular flexibility index (Phi) is 7.09. The molecular weight excluding hydrogens is 427 g/mol. The van der Waals surface area contributed by atoms with Crippen LogP contribution < -0.4 is 16.0 Å². The Hall–Kier alpha value is -3.29. The van der Waals surface area contributed by atoms with E-state index in [1.165, 1.54) is 12.1 Å². The van der Waals surface area contributed by atoms with Crippen LogP contribution in [-0.4, -0.2) is 56.8 Å². The molecule has 166 valence electrons. The van der Waals surface area contributed by atoms with Crippen molar-refractivity contribution in [2.45, 2.75) is 25.4 Å². The molecule has 0 bridgehead atoms. The Labute approximate surface area is 191 Å². The van der Waals surface area contributed by atoms with Gasteiger partial charge in [0, 0.05) is 38.4 Å². The number of imidazole rings is 1. The molecule has 32 heavy (non-hydrogen) atoms. The van der Waals surface area contributed by atoms with Gasteiger partial charge in [0.25, 0.3) is 0 Å². The van der Waals surface area contributed by atoms with E-state index in [2.05, 4.69) is 30.4 Å². The molecule has 2 aromatic heterocycles. The molecule has 0 saturated carbocycles. The summed E-state index contributed by atoms with van der Waals surface area (Å²) in [7, 11) is 0. The third-order valence-electron chi connectivity index (χ3n) is 5.56. The maximum Gasteiger partial charge on any atom is 0.205 e. The van der Waals surface area contributed by atoms with E-state index < -0.39 is 0 Å². The van der Waals surface area contributed by atoms with E-state index in [1.807, 2.05) is 18.3 Å². The molecule has 3 N–H and O–H groups in total. The molecular formula is C22H25FN8S. The number of nitriles is 1. The zero-order valence-corrected chi connectivity index (χ0v) is 18.4. The fourth-order valence-corrected chi connectivity index (χ4v) is 4.04. The van der Waals surface area contributed by atoms with Crippen molar-refractivity contribution in [3.8, 4) is 6.19 Å². The molecule has 0 unspecified atom stereocenters. The topological polar surface area (TPSA) is 93.8 Å². The van der Waals surface area contributed by atoms with Gasteiger partial charge in [-0.2, -0.15) is 5.26 Å².